The fourth-order valence-corrected chi connectivity index (χ4v) is 1.79. The molecule has 5 nitrogen and oxygen atoms in total. The van der Waals surface area contributed by atoms with E-state index in [2.05, 4.69) is 6.92 Å². The monoisotopic (exact) mass is 288 g/mol. The Morgan fingerprint density at radius 1 is 1.25 bits per heavy atom. The van der Waals surface area contributed by atoms with Crippen molar-refractivity contribution in [3.8, 4) is 0 Å². The Hall–Kier alpha value is -0.810. The van der Waals surface area contributed by atoms with Crippen LogP contribution >= 0.6 is 0 Å². The Labute approximate surface area is 123 Å². The van der Waals surface area contributed by atoms with E-state index in [4.69, 9.17) is 15.2 Å². The summed E-state index contributed by atoms with van der Waals surface area (Å²) in [7, 11) is 1.78. The van der Waals surface area contributed by atoms with Crippen molar-refractivity contribution in [1.29, 1.82) is 0 Å². The minimum Gasteiger partial charge on any atom is -0.444 e. The summed E-state index contributed by atoms with van der Waals surface area (Å²) in [5.41, 5.74) is 4.95. The van der Waals surface area contributed by atoms with Gasteiger partial charge in [0.05, 0.1) is 0 Å². The van der Waals surface area contributed by atoms with Gasteiger partial charge in [0.2, 0.25) is 0 Å². The van der Waals surface area contributed by atoms with Crippen molar-refractivity contribution in [3.63, 3.8) is 0 Å². The number of amides is 1. The molecular formula is C15H32N2O3. The lowest BCUT2D eigenvalue weighted by Gasteiger charge is -2.26. The van der Waals surface area contributed by atoms with Crippen molar-refractivity contribution in [1.82, 2.24) is 4.90 Å². The molecule has 0 spiro atoms. The first kappa shape index (κ1) is 19.2. The van der Waals surface area contributed by atoms with Crippen molar-refractivity contribution in [2.24, 2.45) is 11.7 Å². The first-order chi connectivity index (χ1) is 9.26. The third-order valence-corrected chi connectivity index (χ3v) is 2.77. The van der Waals surface area contributed by atoms with Gasteiger partial charge < -0.3 is 20.1 Å². The predicted octanol–water partition coefficient (Wildman–Crippen LogP) is 2.64. The number of rotatable bonds is 9. The van der Waals surface area contributed by atoms with Crippen LogP contribution in [0.4, 0.5) is 4.79 Å². The molecule has 0 bridgehead atoms. The molecule has 0 saturated heterocycles. The molecule has 0 aliphatic carbocycles. The zero-order chi connectivity index (χ0) is 15.6. The molecule has 0 aromatic rings. The van der Waals surface area contributed by atoms with Gasteiger partial charge in [0.1, 0.15) is 5.60 Å². The average molecular weight is 288 g/mol. The molecule has 1 atom stereocenters. The van der Waals surface area contributed by atoms with Gasteiger partial charge in [0, 0.05) is 26.8 Å². The largest absolute Gasteiger partial charge is 0.444 e. The van der Waals surface area contributed by atoms with Crippen LogP contribution in [0.5, 0.6) is 0 Å². The van der Waals surface area contributed by atoms with Crippen molar-refractivity contribution in [3.05, 3.63) is 0 Å². The van der Waals surface area contributed by atoms with Crippen LogP contribution in [0.15, 0.2) is 0 Å². The number of carbonyl (C=O) groups excluding carboxylic acids is 1. The number of nitrogens with two attached hydrogens (primary N) is 1. The topological polar surface area (TPSA) is 64.8 Å². The van der Waals surface area contributed by atoms with E-state index >= 15 is 0 Å². The fraction of sp³-hybridized carbons (Fsp3) is 0.933. The highest BCUT2D eigenvalue weighted by Gasteiger charge is 2.20. The van der Waals surface area contributed by atoms with Crippen molar-refractivity contribution in [2.75, 3.05) is 33.4 Å². The Kier molecular flexibility index (Phi) is 9.59. The molecule has 120 valence electrons. The molecule has 0 aliphatic rings. The van der Waals surface area contributed by atoms with E-state index in [0.29, 0.717) is 19.0 Å². The molecule has 0 rings (SSSR count). The quantitative estimate of drug-likeness (QED) is 0.662. The van der Waals surface area contributed by atoms with E-state index in [1.165, 1.54) is 0 Å². The summed E-state index contributed by atoms with van der Waals surface area (Å²) in [5, 5.41) is 0. The lowest BCUT2D eigenvalue weighted by Crippen LogP contribution is -2.36. The van der Waals surface area contributed by atoms with E-state index in [1.54, 1.807) is 11.9 Å². The maximum atomic E-state index is 11.8. The molecule has 0 aromatic heterocycles. The van der Waals surface area contributed by atoms with Crippen LogP contribution < -0.4 is 5.73 Å². The molecule has 0 saturated carbocycles. The Morgan fingerprint density at radius 3 is 2.40 bits per heavy atom. The van der Waals surface area contributed by atoms with Gasteiger partial charge >= 0.3 is 6.09 Å². The van der Waals surface area contributed by atoms with E-state index in [9.17, 15) is 4.79 Å². The molecule has 0 aromatic carbocycles. The second-order valence-corrected chi connectivity index (χ2v) is 6.36. The zero-order valence-electron chi connectivity index (χ0n) is 13.8. The predicted molar refractivity (Wildman–Crippen MR) is 81.8 cm³/mol. The smallest absolute Gasteiger partial charge is 0.410 e. The molecule has 1 amide bonds. The minimum atomic E-state index is -0.439. The van der Waals surface area contributed by atoms with E-state index in [0.717, 1.165) is 32.5 Å². The second-order valence-electron chi connectivity index (χ2n) is 6.36. The maximum Gasteiger partial charge on any atom is 0.410 e. The van der Waals surface area contributed by atoms with Crippen molar-refractivity contribution < 1.29 is 14.3 Å². The third kappa shape index (κ3) is 11.1. The number of carbonyl (C=O) groups is 1. The van der Waals surface area contributed by atoms with E-state index in [1.807, 2.05) is 20.8 Å². The lowest BCUT2D eigenvalue weighted by molar-refractivity contribution is 0.0272. The fourth-order valence-electron chi connectivity index (χ4n) is 1.79. The van der Waals surface area contributed by atoms with Gasteiger partial charge in [0.15, 0.2) is 0 Å². The third-order valence-electron chi connectivity index (χ3n) is 2.77. The molecule has 0 radical (unpaired) electrons. The standard InChI is InChI=1S/C15H32N2O3/c1-13(8-6-10-19-11-7-9-16)12-17(5)14(18)20-15(2,3)4/h13H,6-12,16H2,1-5H3. The van der Waals surface area contributed by atoms with Crippen LogP contribution in [0.25, 0.3) is 0 Å². The molecule has 0 aliphatic heterocycles. The highest BCUT2D eigenvalue weighted by Crippen LogP contribution is 2.12. The number of nitrogens with zero attached hydrogens (tertiary/aromatic N) is 1. The molecule has 5 heteroatoms. The van der Waals surface area contributed by atoms with Gasteiger partial charge in [-0.3, -0.25) is 0 Å². The molecule has 20 heavy (non-hydrogen) atoms. The van der Waals surface area contributed by atoms with Crippen molar-refractivity contribution >= 4 is 6.09 Å². The van der Waals surface area contributed by atoms with E-state index in [-0.39, 0.29) is 6.09 Å². The van der Waals surface area contributed by atoms with Crippen LogP contribution in [0, 0.1) is 5.92 Å². The van der Waals surface area contributed by atoms with Crippen LogP contribution in [0.1, 0.15) is 47.0 Å². The number of hydrogen-bond acceptors (Lipinski definition) is 4. The van der Waals surface area contributed by atoms with Crippen molar-refractivity contribution in [2.45, 2.75) is 52.6 Å². The number of hydrogen-bond donors (Lipinski definition) is 1. The average Bonchev–Trinajstić information content (AvgIpc) is 2.31. The maximum absolute atomic E-state index is 11.8. The summed E-state index contributed by atoms with van der Waals surface area (Å²) in [6, 6.07) is 0. The molecular weight excluding hydrogens is 256 g/mol. The highest BCUT2D eigenvalue weighted by atomic mass is 16.6. The Balaban J connectivity index is 3.74. The van der Waals surface area contributed by atoms with Gasteiger partial charge in [-0.25, -0.2) is 4.79 Å². The lowest BCUT2D eigenvalue weighted by atomic mass is 10.1. The van der Waals surface area contributed by atoms with Gasteiger partial charge in [-0.2, -0.15) is 0 Å². The normalized spacial score (nSPS) is 13.1. The Bertz CT molecular complexity index is 264. The summed E-state index contributed by atoms with van der Waals surface area (Å²) in [6.07, 6.45) is 2.70. The molecule has 0 fully saturated rings. The van der Waals surface area contributed by atoms with Gasteiger partial charge in [0.25, 0.3) is 0 Å². The molecule has 0 heterocycles. The van der Waals surface area contributed by atoms with Gasteiger partial charge in [-0.15, -0.1) is 0 Å². The summed E-state index contributed by atoms with van der Waals surface area (Å²) in [4.78, 5) is 13.5. The van der Waals surface area contributed by atoms with Gasteiger partial charge in [-0.05, 0) is 52.5 Å². The molecule has 2 N–H and O–H groups in total. The summed E-state index contributed by atoms with van der Waals surface area (Å²) < 4.78 is 10.8. The van der Waals surface area contributed by atoms with E-state index < -0.39 is 5.60 Å². The van der Waals surface area contributed by atoms with Crippen LogP contribution in [0.2, 0.25) is 0 Å². The Morgan fingerprint density at radius 2 is 1.85 bits per heavy atom. The summed E-state index contributed by atoms with van der Waals surface area (Å²) in [6.45, 7) is 10.7. The first-order valence-electron chi connectivity index (χ1n) is 7.48. The SMILES string of the molecule is CC(CCCOCCCN)CN(C)C(=O)OC(C)(C)C. The number of ether oxygens (including phenoxy) is 2. The minimum absolute atomic E-state index is 0.261. The van der Waals surface area contributed by atoms with Gasteiger partial charge in [-0.1, -0.05) is 6.92 Å². The van der Waals surface area contributed by atoms with Crippen LogP contribution in [0.3, 0.4) is 0 Å². The highest BCUT2D eigenvalue weighted by molar-refractivity contribution is 5.67. The first-order valence-corrected chi connectivity index (χ1v) is 7.48. The van der Waals surface area contributed by atoms with Crippen LogP contribution in [-0.4, -0.2) is 49.9 Å². The second kappa shape index (κ2) is 10.00. The summed E-state index contributed by atoms with van der Waals surface area (Å²) >= 11 is 0. The summed E-state index contributed by atoms with van der Waals surface area (Å²) in [5.74, 6) is 0.436. The van der Waals surface area contributed by atoms with Crippen LogP contribution in [-0.2, 0) is 9.47 Å². The zero-order valence-corrected chi connectivity index (χ0v) is 13.8. The molecule has 1 unspecified atom stereocenters.